The molecule has 25 heavy (non-hydrogen) atoms. The summed E-state index contributed by atoms with van der Waals surface area (Å²) in [6.07, 6.45) is 3.30. The van der Waals surface area contributed by atoms with Crippen LogP contribution in [0, 0.1) is 11.3 Å². The number of nitriles is 1. The van der Waals surface area contributed by atoms with E-state index in [1.165, 1.54) is 11.1 Å². The van der Waals surface area contributed by atoms with Crippen LogP contribution in [-0.2, 0) is 6.54 Å². The third-order valence-corrected chi connectivity index (χ3v) is 4.40. The summed E-state index contributed by atoms with van der Waals surface area (Å²) in [5.74, 6) is 0.910. The molecule has 1 heterocycles. The highest BCUT2D eigenvalue weighted by molar-refractivity contribution is 5.81. The van der Waals surface area contributed by atoms with Gasteiger partial charge in [0, 0.05) is 26.7 Å². The van der Waals surface area contributed by atoms with E-state index in [0.29, 0.717) is 12.1 Å². The lowest BCUT2D eigenvalue weighted by Gasteiger charge is -2.29. The van der Waals surface area contributed by atoms with Crippen molar-refractivity contribution in [2.45, 2.75) is 13.0 Å². The lowest BCUT2D eigenvalue weighted by Crippen LogP contribution is -2.43. The third kappa shape index (κ3) is 4.27. The van der Waals surface area contributed by atoms with Crippen molar-refractivity contribution < 1.29 is 0 Å². The maximum atomic E-state index is 8.86. The van der Waals surface area contributed by atoms with Crippen molar-refractivity contribution in [1.82, 2.24) is 10.2 Å². The summed E-state index contributed by atoms with van der Waals surface area (Å²) in [6, 6.07) is 20.3. The van der Waals surface area contributed by atoms with Gasteiger partial charge in [0.25, 0.3) is 0 Å². The van der Waals surface area contributed by atoms with E-state index in [1.807, 2.05) is 37.4 Å². The van der Waals surface area contributed by atoms with Crippen molar-refractivity contribution in [3.05, 3.63) is 77.4 Å². The standard InChI is InChI=1S/C21H22N4/c1-23-21(24-16-18-9-7-17(15-22)8-10-18)25-13-11-20(12-14-25)19-5-3-2-4-6-19/h2-11H,12-14,16H2,1H3,(H,23,24). The zero-order valence-corrected chi connectivity index (χ0v) is 14.4. The number of rotatable bonds is 3. The smallest absolute Gasteiger partial charge is 0.194 e. The molecule has 0 aromatic heterocycles. The molecule has 126 valence electrons. The third-order valence-electron chi connectivity index (χ3n) is 4.40. The fourth-order valence-electron chi connectivity index (χ4n) is 2.99. The van der Waals surface area contributed by atoms with Gasteiger partial charge in [0.1, 0.15) is 0 Å². The van der Waals surface area contributed by atoms with Gasteiger partial charge in [0.2, 0.25) is 0 Å². The Labute approximate surface area is 149 Å². The first-order valence-electron chi connectivity index (χ1n) is 8.49. The average Bonchev–Trinajstić information content (AvgIpc) is 2.70. The Morgan fingerprint density at radius 1 is 1.16 bits per heavy atom. The van der Waals surface area contributed by atoms with E-state index in [-0.39, 0.29) is 0 Å². The highest BCUT2D eigenvalue weighted by atomic mass is 15.3. The first-order chi connectivity index (χ1) is 12.3. The highest BCUT2D eigenvalue weighted by Gasteiger charge is 2.15. The molecule has 0 atom stereocenters. The fraction of sp³-hybridized carbons (Fsp3) is 0.238. The molecule has 2 aromatic carbocycles. The van der Waals surface area contributed by atoms with E-state index in [4.69, 9.17) is 5.26 Å². The summed E-state index contributed by atoms with van der Waals surface area (Å²) < 4.78 is 0. The Hall–Kier alpha value is -3.06. The van der Waals surface area contributed by atoms with Gasteiger partial charge < -0.3 is 10.2 Å². The molecule has 0 bridgehead atoms. The number of hydrogen-bond acceptors (Lipinski definition) is 2. The number of benzene rings is 2. The zero-order chi connectivity index (χ0) is 17.5. The van der Waals surface area contributed by atoms with E-state index < -0.39 is 0 Å². The Morgan fingerprint density at radius 3 is 2.52 bits per heavy atom. The van der Waals surface area contributed by atoms with Gasteiger partial charge >= 0.3 is 0 Å². The van der Waals surface area contributed by atoms with Crippen LogP contribution < -0.4 is 5.32 Å². The molecular weight excluding hydrogens is 308 g/mol. The molecule has 0 unspecified atom stereocenters. The second kappa shape index (κ2) is 8.16. The Kier molecular flexibility index (Phi) is 5.48. The van der Waals surface area contributed by atoms with Gasteiger partial charge in [0.15, 0.2) is 5.96 Å². The summed E-state index contributed by atoms with van der Waals surface area (Å²) in [4.78, 5) is 6.67. The second-order valence-corrected chi connectivity index (χ2v) is 6.00. The molecule has 0 radical (unpaired) electrons. The van der Waals surface area contributed by atoms with Gasteiger partial charge in [0.05, 0.1) is 11.6 Å². The van der Waals surface area contributed by atoms with Gasteiger partial charge in [-0.1, -0.05) is 48.5 Å². The van der Waals surface area contributed by atoms with Crippen LogP contribution in [0.2, 0.25) is 0 Å². The van der Waals surface area contributed by atoms with Crippen LogP contribution in [0.1, 0.15) is 23.1 Å². The van der Waals surface area contributed by atoms with Crippen LogP contribution in [0.15, 0.2) is 65.7 Å². The van der Waals surface area contributed by atoms with Crippen molar-refractivity contribution in [2.75, 3.05) is 20.1 Å². The molecule has 4 nitrogen and oxygen atoms in total. The number of hydrogen-bond donors (Lipinski definition) is 1. The molecule has 1 aliphatic rings. The molecular formula is C21H22N4. The van der Waals surface area contributed by atoms with Gasteiger partial charge in [-0.15, -0.1) is 0 Å². The van der Waals surface area contributed by atoms with E-state index in [1.54, 1.807) is 0 Å². The largest absolute Gasteiger partial charge is 0.352 e. The predicted octanol–water partition coefficient (Wildman–Crippen LogP) is 3.42. The molecule has 3 rings (SSSR count). The van der Waals surface area contributed by atoms with Crippen LogP contribution in [0.25, 0.3) is 5.57 Å². The lowest BCUT2D eigenvalue weighted by molar-refractivity contribution is 0.440. The maximum Gasteiger partial charge on any atom is 0.194 e. The monoisotopic (exact) mass is 330 g/mol. The first kappa shape index (κ1) is 16.8. The van der Waals surface area contributed by atoms with Crippen molar-refractivity contribution in [1.29, 1.82) is 5.26 Å². The summed E-state index contributed by atoms with van der Waals surface area (Å²) in [5.41, 5.74) is 4.53. The minimum absolute atomic E-state index is 0.683. The number of guanidine groups is 1. The number of nitrogens with zero attached hydrogens (tertiary/aromatic N) is 3. The minimum Gasteiger partial charge on any atom is -0.352 e. The first-order valence-corrected chi connectivity index (χ1v) is 8.49. The summed E-state index contributed by atoms with van der Waals surface area (Å²) in [7, 11) is 1.82. The predicted molar refractivity (Wildman–Crippen MR) is 102 cm³/mol. The highest BCUT2D eigenvalue weighted by Crippen LogP contribution is 2.21. The van der Waals surface area contributed by atoms with Crippen molar-refractivity contribution in [3.8, 4) is 6.07 Å². The van der Waals surface area contributed by atoms with E-state index in [2.05, 4.69) is 51.6 Å². The van der Waals surface area contributed by atoms with E-state index in [9.17, 15) is 0 Å². The molecule has 4 heteroatoms. The molecule has 0 amide bonds. The normalized spacial score (nSPS) is 14.6. The molecule has 0 spiro atoms. The van der Waals surface area contributed by atoms with Gasteiger partial charge in [-0.2, -0.15) is 5.26 Å². The molecule has 0 saturated carbocycles. The van der Waals surface area contributed by atoms with Gasteiger partial charge in [-0.3, -0.25) is 4.99 Å². The second-order valence-electron chi connectivity index (χ2n) is 6.00. The number of nitrogens with one attached hydrogen (secondary N) is 1. The molecule has 0 aliphatic carbocycles. The Balaban J connectivity index is 1.59. The number of aliphatic imine (C=N–C) groups is 1. The van der Waals surface area contributed by atoms with Crippen molar-refractivity contribution in [2.24, 2.45) is 4.99 Å². The summed E-state index contributed by atoms with van der Waals surface area (Å²) in [5, 5.41) is 12.3. The Bertz CT molecular complexity index is 798. The quantitative estimate of drug-likeness (QED) is 0.693. The van der Waals surface area contributed by atoms with Crippen LogP contribution in [0.4, 0.5) is 0 Å². The SMILES string of the molecule is CN=C(NCc1ccc(C#N)cc1)N1CC=C(c2ccccc2)CC1. The fourth-order valence-corrected chi connectivity index (χ4v) is 2.99. The molecule has 0 fully saturated rings. The van der Waals surface area contributed by atoms with Crippen molar-refractivity contribution in [3.63, 3.8) is 0 Å². The topological polar surface area (TPSA) is 51.4 Å². The van der Waals surface area contributed by atoms with Crippen LogP contribution in [0.3, 0.4) is 0 Å². The minimum atomic E-state index is 0.683. The van der Waals surface area contributed by atoms with Crippen LogP contribution in [0.5, 0.6) is 0 Å². The molecule has 2 aromatic rings. The van der Waals surface area contributed by atoms with E-state index >= 15 is 0 Å². The zero-order valence-electron chi connectivity index (χ0n) is 14.4. The molecule has 1 aliphatic heterocycles. The van der Waals surface area contributed by atoms with Gasteiger partial charge in [-0.25, -0.2) is 0 Å². The Morgan fingerprint density at radius 2 is 1.92 bits per heavy atom. The van der Waals surface area contributed by atoms with Gasteiger partial charge in [-0.05, 0) is 35.3 Å². The maximum absolute atomic E-state index is 8.86. The summed E-state index contributed by atoms with van der Waals surface area (Å²) in [6.45, 7) is 2.51. The van der Waals surface area contributed by atoms with Crippen molar-refractivity contribution >= 4 is 11.5 Å². The summed E-state index contributed by atoms with van der Waals surface area (Å²) >= 11 is 0. The van der Waals surface area contributed by atoms with Crippen LogP contribution >= 0.6 is 0 Å². The average molecular weight is 330 g/mol. The van der Waals surface area contributed by atoms with Crippen LogP contribution in [-0.4, -0.2) is 31.0 Å². The molecule has 1 N–H and O–H groups in total. The lowest BCUT2D eigenvalue weighted by atomic mass is 10.00. The van der Waals surface area contributed by atoms with E-state index in [0.717, 1.165) is 31.0 Å². The molecule has 0 saturated heterocycles.